The van der Waals surface area contributed by atoms with Crippen LogP contribution in [0.2, 0.25) is 0 Å². The summed E-state index contributed by atoms with van der Waals surface area (Å²) in [5.74, 6) is 0.558. The molecule has 0 aliphatic carbocycles. The lowest BCUT2D eigenvalue weighted by Crippen LogP contribution is -2.47. The van der Waals surface area contributed by atoms with Gasteiger partial charge < -0.3 is 5.32 Å². The molecule has 0 saturated heterocycles. The van der Waals surface area contributed by atoms with Crippen molar-refractivity contribution >= 4 is 5.91 Å². The van der Waals surface area contributed by atoms with Crippen LogP contribution >= 0.6 is 0 Å². The monoisotopic (exact) mass is 293 g/mol. The Morgan fingerprint density at radius 1 is 1.33 bits per heavy atom. The smallest absolute Gasteiger partial charge is 0.251 e. The molecule has 0 spiro atoms. The second-order valence-corrected chi connectivity index (χ2v) is 5.95. The molecule has 1 aromatic carbocycles. The second-order valence-electron chi connectivity index (χ2n) is 5.95. The van der Waals surface area contributed by atoms with Gasteiger partial charge in [-0.3, -0.25) is 4.79 Å². The maximum Gasteiger partial charge on any atom is 0.251 e. The van der Waals surface area contributed by atoms with Crippen molar-refractivity contribution in [3.63, 3.8) is 0 Å². The number of nitrogens with one attached hydrogen (secondary N) is 1. The minimum atomic E-state index is -0.738. The maximum absolute atomic E-state index is 13.9. The Morgan fingerprint density at radius 3 is 2.29 bits per heavy atom. The molecule has 1 N–H and O–H groups in total. The predicted molar refractivity (Wildman–Crippen MR) is 79.9 cm³/mol. The Balaban J connectivity index is 3.00. The van der Waals surface area contributed by atoms with Gasteiger partial charge in [0.2, 0.25) is 0 Å². The summed E-state index contributed by atoms with van der Waals surface area (Å²) in [5.41, 5.74) is -0.567. The number of carbonyl (C=O) groups is 1. The van der Waals surface area contributed by atoms with Gasteiger partial charge in [0.1, 0.15) is 11.6 Å². The van der Waals surface area contributed by atoms with Crippen LogP contribution < -0.4 is 5.32 Å². The molecular formula is C17H21F2NO. The SMILES string of the molecule is C#CCCc1c(F)cc(C(=O)NC(C)(C)C(C)C)cc1F. The molecule has 0 bridgehead atoms. The van der Waals surface area contributed by atoms with Gasteiger partial charge in [-0.2, -0.15) is 0 Å². The zero-order valence-electron chi connectivity index (χ0n) is 12.9. The van der Waals surface area contributed by atoms with Gasteiger partial charge in [0.25, 0.3) is 5.91 Å². The van der Waals surface area contributed by atoms with Crippen molar-refractivity contribution in [3.8, 4) is 12.3 Å². The van der Waals surface area contributed by atoms with Crippen molar-refractivity contribution in [2.24, 2.45) is 5.92 Å². The summed E-state index contributed by atoms with van der Waals surface area (Å²) in [5, 5.41) is 2.78. The lowest BCUT2D eigenvalue weighted by atomic mass is 9.90. The van der Waals surface area contributed by atoms with Gasteiger partial charge in [0.05, 0.1) is 0 Å². The number of hydrogen-bond donors (Lipinski definition) is 1. The molecule has 0 atom stereocenters. The first kappa shape index (κ1) is 17.2. The normalized spacial score (nSPS) is 11.3. The Morgan fingerprint density at radius 2 is 1.86 bits per heavy atom. The van der Waals surface area contributed by atoms with Gasteiger partial charge in [-0.25, -0.2) is 8.78 Å². The van der Waals surface area contributed by atoms with E-state index in [0.717, 1.165) is 12.1 Å². The summed E-state index contributed by atoms with van der Waals surface area (Å²) in [6, 6.07) is 2.11. The second kappa shape index (κ2) is 6.71. The fraction of sp³-hybridized carbons (Fsp3) is 0.471. The number of amides is 1. The van der Waals surface area contributed by atoms with Crippen LogP contribution in [0.5, 0.6) is 0 Å². The van der Waals surface area contributed by atoms with E-state index >= 15 is 0 Å². The van der Waals surface area contributed by atoms with Crippen LogP contribution in [-0.2, 0) is 6.42 Å². The van der Waals surface area contributed by atoms with Crippen LogP contribution in [0.3, 0.4) is 0 Å². The van der Waals surface area contributed by atoms with Gasteiger partial charge in [0.15, 0.2) is 0 Å². The molecule has 21 heavy (non-hydrogen) atoms. The number of carbonyl (C=O) groups excluding carboxylic acids is 1. The highest BCUT2D eigenvalue weighted by molar-refractivity contribution is 5.94. The highest BCUT2D eigenvalue weighted by atomic mass is 19.1. The van der Waals surface area contributed by atoms with Crippen LogP contribution in [0.25, 0.3) is 0 Å². The maximum atomic E-state index is 13.9. The average molecular weight is 293 g/mol. The van der Waals surface area contributed by atoms with Crippen LogP contribution in [0.4, 0.5) is 8.78 Å². The van der Waals surface area contributed by atoms with Crippen molar-refractivity contribution in [3.05, 3.63) is 34.9 Å². The summed E-state index contributed by atoms with van der Waals surface area (Å²) in [4.78, 5) is 12.1. The Hall–Kier alpha value is -1.89. The number of rotatable bonds is 5. The van der Waals surface area contributed by atoms with Gasteiger partial charge in [0, 0.05) is 23.1 Å². The Bertz CT molecular complexity index is 548. The molecule has 0 radical (unpaired) electrons. The molecule has 0 fully saturated rings. The summed E-state index contributed by atoms with van der Waals surface area (Å²) in [6.45, 7) is 7.65. The predicted octanol–water partition coefficient (Wildman–Crippen LogP) is 3.70. The molecule has 114 valence electrons. The van der Waals surface area contributed by atoms with Crippen LogP contribution in [-0.4, -0.2) is 11.4 Å². The van der Waals surface area contributed by atoms with Crippen molar-refractivity contribution in [1.29, 1.82) is 0 Å². The van der Waals surface area contributed by atoms with Crippen molar-refractivity contribution in [2.75, 3.05) is 0 Å². The third-order valence-corrected chi connectivity index (χ3v) is 3.80. The van der Waals surface area contributed by atoms with Crippen molar-refractivity contribution in [2.45, 2.75) is 46.1 Å². The van der Waals surface area contributed by atoms with Gasteiger partial charge in [-0.15, -0.1) is 12.3 Å². The van der Waals surface area contributed by atoms with E-state index in [1.165, 1.54) is 0 Å². The number of hydrogen-bond acceptors (Lipinski definition) is 1. The van der Waals surface area contributed by atoms with E-state index in [1.54, 1.807) is 0 Å². The first-order valence-corrected chi connectivity index (χ1v) is 6.93. The highest BCUT2D eigenvalue weighted by Crippen LogP contribution is 2.20. The molecular weight excluding hydrogens is 272 g/mol. The molecule has 1 amide bonds. The fourth-order valence-corrected chi connectivity index (χ4v) is 1.68. The van der Waals surface area contributed by atoms with Crippen molar-refractivity contribution in [1.82, 2.24) is 5.32 Å². The zero-order chi connectivity index (χ0) is 16.2. The average Bonchev–Trinajstić information content (AvgIpc) is 2.36. The van der Waals surface area contributed by atoms with Crippen LogP contribution in [0.15, 0.2) is 12.1 Å². The van der Waals surface area contributed by atoms with Crippen molar-refractivity contribution < 1.29 is 13.6 Å². The topological polar surface area (TPSA) is 29.1 Å². The standard InChI is InChI=1S/C17H21F2NO/c1-6-7-8-13-14(18)9-12(10-15(13)19)16(21)20-17(4,5)11(2)3/h1,9-11H,7-8H2,2-5H3,(H,20,21). The quantitative estimate of drug-likeness (QED) is 0.824. The van der Waals surface area contributed by atoms with E-state index in [9.17, 15) is 13.6 Å². The van der Waals surface area contributed by atoms with Crippen LogP contribution in [0, 0.1) is 29.9 Å². The molecule has 1 rings (SSSR count). The van der Waals surface area contributed by atoms with E-state index < -0.39 is 23.1 Å². The largest absolute Gasteiger partial charge is 0.347 e. The van der Waals surface area contributed by atoms with E-state index in [4.69, 9.17) is 6.42 Å². The molecule has 0 heterocycles. The molecule has 0 aliphatic heterocycles. The van der Waals surface area contributed by atoms with Gasteiger partial charge >= 0.3 is 0 Å². The molecule has 1 aromatic rings. The third kappa shape index (κ3) is 4.29. The number of halogens is 2. The summed E-state index contributed by atoms with van der Waals surface area (Å²) < 4.78 is 27.8. The Kier molecular flexibility index (Phi) is 5.48. The number of terminal acetylenes is 1. The summed E-state index contributed by atoms with van der Waals surface area (Å²) in [6.07, 6.45) is 5.46. The van der Waals surface area contributed by atoms with Gasteiger partial charge in [-0.05, 0) is 38.3 Å². The first-order chi connectivity index (χ1) is 9.69. The minimum absolute atomic E-state index is 0.0248. The number of benzene rings is 1. The summed E-state index contributed by atoms with van der Waals surface area (Å²) in [7, 11) is 0. The van der Waals surface area contributed by atoms with E-state index in [0.29, 0.717) is 0 Å². The molecule has 4 heteroatoms. The fourth-order valence-electron chi connectivity index (χ4n) is 1.68. The molecule has 0 saturated carbocycles. The van der Waals surface area contributed by atoms with Crippen LogP contribution in [0.1, 0.15) is 50.0 Å². The zero-order valence-corrected chi connectivity index (χ0v) is 12.9. The first-order valence-electron chi connectivity index (χ1n) is 6.93. The lowest BCUT2D eigenvalue weighted by molar-refractivity contribution is 0.0889. The highest BCUT2D eigenvalue weighted by Gasteiger charge is 2.25. The molecule has 2 nitrogen and oxygen atoms in total. The molecule has 0 aliphatic rings. The van der Waals surface area contributed by atoms with E-state index in [2.05, 4.69) is 11.2 Å². The Labute approximate surface area is 124 Å². The lowest BCUT2D eigenvalue weighted by Gasteiger charge is -2.30. The minimum Gasteiger partial charge on any atom is -0.347 e. The molecule has 0 aromatic heterocycles. The van der Waals surface area contributed by atoms with E-state index in [-0.39, 0.29) is 29.9 Å². The third-order valence-electron chi connectivity index (χ3n) is 3.80. The summed E-state index contributed by atoms with van der Waals surface area (Å²) >= 11 is 0. The van der Waals surface area contributed by atoms with Gasteiger partial charge in [-0.1, -0.05) is 13.8 Å². The van der Waals surface area contributed by atoms with E-state index in [1.807, 2.05) is 27.7 Å². The molecule has 0 unspecified atom stereocenters.